The summed E-state index contributed by atoms with van der Waals surface area (Å²) in [5.41, 5.74) is 4.46. The van der Waals surface area contributed by atoms with E-state index in [0.29, 0.717) is 37.7 Å². The molecule has 0 radical (unpaired) electrons. The number of carbonyl (C=O) groups excluding carboxylic acids is 2. The van der Waals surface area contributed by atoms with Crippen molar-refractivity contribution in [2.75, 3.05) is 50.1 Å². The van der Waals surface area contributed by atoms with Crippen molar-refractivity contribution in [2.45, 2.75) is 20.8 Å². The number of aromatic nitrogens is 1. The molecule has 2 amide bonds. The Hall–Kier alpha value is -2.93. The Bertz CT molecular complexity index is 884. The Morgan fingerprint density at radius 3 is 2.48 bits per heavy atom. The Kier molecular flexibility index (Phi) is 6.49. The van der Waals surface area contributed by atoms with Crippen molar-refractivity contribution in [3.05, 3.63) is 52.7 Å². The van der Waals surface area contributed by atoms with E-state index < -0.39 is 0 Å². The molecule has 1 saturated heterocycles. The predicted octanol–water partition coefficient (Wildman–Crippen LogP) is 2.55. The summed E-state index contributed by atoms with van der Waals surface area (Å²) >= 11 is 0. The van der Waals surface area contributed by atoms with E-state index in [4.69, 9.17) is 4.74 Å². The number of pyridine rings is 1. The van der Waals surface area contributed by atoms with Crippen molar-refractivity contribution in [1.82, 2.24) is 9.88 Å². The maximum absolute atomic E-state index is 13.0. The number of carbonyl (C=O) groups is 2. The number of aryl methyl sites for hydroxylation is 3. The molecule has 2 aromatic rings. The number of amides is 2. The van der Waals surface area contributed by atoms with E-state index in [-0.39, 0.29) is 18.4 Å². The van der Waals surface area contributed by atoms with Gasteiger partial charge in [-0.3, -0.25) is 9.59 Å². The van der Waals surface area contributed by atoms with Crippen LogP contribution < -0.4 is 10.2 Å². The number of rotatable bonds is 5. The summed E-state index contributed by atoms with van der Waals surface area (Å²) in [6.45, 7) is 8.51. The van der Waals surface area contributed by atoms with Crippen LogP contribution in [0.5, 0.6) is 0 Å². The lowest BCUT2D eigenvalue weighted by atomic mass is 10.1. The smallest absolute Gasteiger partial charge is 0.257 e. The molecule has 0 spiro atoms. The fourth-order valence-corrected chi connectivity index (χ4v) is 3.64. The molecule has 0 atom stereocenters. The third-order valence-corrected chi connectivity index (χ3v) is 5.00. The van der Waals surface area contributed by atoms with Crippen LogP contribution in [0.25, 0.3) is 0 Å². The molecule has 1 aliphatic rings. The fourth-order valence-electron chi connectivity index (χ4n) is 3.64. The third-order valence-electron chi connectivity index (χ3n) is 5.00. The standard InChI is InChI=1S/C22H28N4O3/c1-15-12-16(2)20(17(3)13-15)24-19(27)14-25(4)22(28)18-6-5-7-23-21(18)26-8-10-29-11-9-26/h5-7,12-13H,8-11,14H2,1-4H3,(H,24,27). The minimum Gasteiger partial charge on any atom is -0.378 e. The number of anilines is 2. The minimum atomic E-state index is -0.230. The summed E-state index contributed by atoms with van der Waals surface area (Å²) in [5.74, 6) is 0.179. The summed E-state index contributed by atoms with van der Waals surface area (Å²) in [6, 6.07) is 7.55. The molecule has 0 saturated carbocycles. The number of hydrogen-bond acceptors (Lipinski definition) is 5. The molecule has 0 unspecified atom stereocenters. The van der Waals surface area contributed by atoms with Crippen molar-refractivity contribution in [2.24, 2.45) is 0 Å². The van der Waals surface area contributed by atoms with Gasteiger partial charge in [-0.25, -0.2) is 4.98 Å². The molecule has 1 N–H and O–H groups in total. The van der Waals surface area contributed by atoms with Gasteiger partial charge in [-0.05, 0) is 44.0 Å². The molecule has 3 rings (SSSR count). The summed E-state index contributed by atoms with van der Waals surface area (Å²) < 4.78 is 5.39. The van der Waals surface area contributed by atoms with Gasteiger partial charge in [0, 0.05) is 32.0 Å². The maximum atomic E-state index is 13.0. The molecule has 2 heterocycles. The summed E-state index contributed by atoms with van der Waals surface area (Å²) in [7, 11) is 1.63. The van der Waals surface area contributed by atoms with Gasteiger partial charge in [0.1, 0.15) is 5.82 Å². The van der Waals surface area contributed by atoms with Gasteiger partial charge < -0.3 is 19.9 Å². The lowest BCUT2D eigenvalue weighted by Gasteiger charge is -2.29. The molecule has 29 heavy (non-hydrogen) atoms. The first-order valence-electron chi connectivity index (χ1n) is 9.77. The molecule has 154 valence electrons. The third kappa shape index (κ3) is 4.92. The topological polar surface area (TPSA) is 74.8 Å². The molecule has 0 aliphatic carbocycles. The van der Waals surface area contributed by atoms with E-state index in [0.717, 1.165) is 22.4 Å². The molecule has 1 aliphatic heterocycles. The fraction of sp³-hybridized carbons (Fsp3) is 0.409. The number of nitrogens with zero attached hydrogens (tertiary/aromatic N) is 3. The van der Waals surface area contributed by atoms with Crippen molar-refractivity contribution >= 4 is 23.3 Å². The molecular weight excluding hydrogens is 368 g/mol. The van der Waals surface area contributed by atoms with Crippen LogP contribution in [0, 0.1) is 20.8 Å². The van der Waals surface area contributed by atoms with E-state index in [1.807, 2.05) is 37.8 Å². The number of hydrogen-bond donors (Lipinski definition) is 1. The number of likely N-dealkylation sites (N-methyl/N-ethyl adjacent to an activating group) is 1. The van der Waals surface area contributed by atoms with Gasteiger partial charge >= 0.3 is 0 Å². The zero-order valence-corrected chi connectivity index (χ0v) is 17.5. The van der Waals surface area contributed by atoms with E-state index in [1.165, 1.54) is 4.90 Å². The Balaban J connectivity index is 1.70. The lowest BCUT2D eigenvalue weighted by molar-refractivity contribution is -0.116. The van der Waals surface area contributed by atoms with Gasteiger partial charge in [-0.1, -0.05) is 17.7 Å². The van der Waals surface area contributed by atoms with Crippen LogP contribution >= 0.6 is 0 Å². The molecule has 7 nitrogen and oxygen atoms in total. The molecule has 7 heteroatoms. The van der Waals surface area contributed by atoms with Gasteiger partial charge in [0.05, 0.1) is 25.3 Å². The monoisotopic (exact) mass is 396 g/mol. The van der Waals surface area contributed by atoms with Crippen LogP contribution in [0.15, 0.2) is 30.5 Å². The summed E-state index contributed by atoms with van der Waals surface area (Å²) in [6.07, 6.45) is 1.68. The SMILES string of the molecule is Cc1cc(C)c(NC(=O)CN(C)C(=O)c2cccnc2N2CCOCC2)c(C)c1. The molecular formula is C22H28N4O3. The second-order valence-electron chi connectivity index (χ2n) is 7.46. The van der Waals surface area contributed by atoms with Crippen LogP contribution in [0.3, 0.4) is 0 Å². The number of benzene rings is 1. The zero-order chi connectivity index (χ0) is 21.0. The Morgan fingerprint density at radius 1 is 1.17 bits per heavy atom. The van der Waals surface area contributed by atoms with Gasteiger partial charge in [0.2, 0.25) is 5.91 Å². The molecule has 1 fully saturated rings. The average Bonchev–Trinajstić information content (AvgIpc) is 2.70. The highest BCUT2D eigenvalue weighted by Gasteiger charge is 2.23. The van der Waals surface area contributed by atoms with E-state index in [9.17, 15) is 9.59 Å². The van der Waals surface area contributed by atoms with Gasteiger partial charge in [0.25, 0.3) is 5.91 Å². The first-order chi connectivity index (χ1) is 13.9. The van der Waals surface area contributed by atoms with Crippen LogP contribution in [-0.4, -0.2) is 61.6 Å². The van der Waals surface area contributed by atoms with Crippen LogP contribution in [0.4, 0.5) is 11.5 Å². The van der Waals surface area contributed by atoms with E-state index in [1.54, 1.807) is 25.4 Å². The molecule has 0 bridgehead atoms. The highest BCUT2D eigenvalue weighted by atomic mass is 16.5. The van der Waals surface area contributed by atoms with Crippen molar-refractivity contribution in [1.29, 1.82) is 0 Å². The van der Waals surface area contributed by atoms with E-state index in [2.05, 4.69) is 10.3 Å². The van der Waals surface area contributed by atoms with Crippen molar-refractivity contribution in [3.63, 3.8) is 0 Å². The second kappa shape index (κ2) is 9.05. The number of morpholine rings is 1. The highest BCUT2D eigenvalue weighted by molar-refractivity contribution is 6.02. The van der Waals surface area contributed by atoms with Gasteiger partial charge in [-0.2, -0.15) is 0 Å². The molecule has 1 aromatic carbocycles. The largest absolute Gasteiger partial charge is 0.378 e. The summed E-state index contributed by atoms with van der Waals surface area (Å²) in [4.78, 5) is 33.5. The van der Waals surface area contributed by atoms with Gasteiger partial charge in [-0.15, -0.1) is 0 Å². The Labute approximate surface area is 171 Å². The highest BCUT2D eigenvalue weighted by Crippen LogP contribution is 2.22. The lowest BCUT2D eigenvalue weighted by Crippen LogP contribution is -2.40. The summed E-state index contributed by atoms with van der Waals surface area (Å²) in [5, 5.41) is 2.95. The quantitative estimate of drug-likeness (QED) is 0.841. The average molecular weight is 396 g/mol. The number of nitrogens with one attached hydrogen (secondary N) is 1. The number of ether oxygens (including phenoxy) is 1. The van der Waals surface area contributed by atoms with Crippen LogP contribution in [0.2, 0.25) is 0 Å². The molecule has 1 aromatic heterocycles. The van der Waals surface area contributed by atoms with Crippen molar-refractivity contribution in [3.8, 4) is 0 Å². The first-order valence-corrected chi connectivity index (χ1v) is 9.77. The normalized spacial score (nSPS) is 13.9. The minimum absolute atomic E-state index is 0.0387. The second-order valence-corrected chi connectivity index (χ2v) is 7.46. The van der Waals surface area contributed by atoms with E-state index >= 15 is 0 Å². The first kappa shape index (κ1) is 20.8. The van der Waals surface area contributed by atoms with Crippen LogP contribution in [-0.2, 0) is 9.53 Å². The zero-order valence-electron chi connectivity index (χ0n) is 17.5. The predicted molar refractivity (Wildman–Crippen MR) is 114 cm³/mol. The maximum Gasteiger partial charge on any atom is 0.257 e. The van der Waals surface area contributed by atoms with Gasteiger partial charge in [0.15, 0.2) is 0 Å². The Morgan fingerprint density at radius 2 is 1.83 bits per heavy atom. The van der Waals surface area contributed by atoms with Crippen molar-refractivity contribution < 1.29 is 14.3 Å². The van der Waals surface area contributed by atoms with Crippen LogP contribution in [0.1, 0.15) is 27.0 Å².